The molecule has 0 saturated carbocycles. The Bertz CT molecular complexity index is 364. The Hall–Kier alpha value is -0.760. The minimum Gasteiger partial charge on any atom is -0.458 e. The highest BCUT2D eigenvalue weighted by Gasteiger charge is 2.62. The fourth-order valence-corrected chi connectivity index (χ4v) is 2.18. The number of halogens is 3. The van der Waals surface area contributed by atoms with Crippen LogP contribution in [0.5, 0.6) is 0 Å². The molecule has 1 rings (SSSR count). The molecule has 1 aliphatic heterocycles. The fourth-order valence-electron chi connectivity index (χ4n) is 1.32. The second-order valence-electron chi connectivity index (χ2n) is 4.92. The van der Waals surface area contributed by atoms with Crippen LogP contribution < -0.4 is 0 Å². The van der Waals surface area contributed by atoms with Gasteiger partial charge in [-0.3, -0.25) is 4.99 Å². The number of thioether (sulfide) groups is 1. The number of esters is 1. The number of hydrogen-bond donors (Lipinski definition) is 1. The smallest absolute Gasteiger partial charge is 0.420 e. The minimum atomic E-state index is -4.95. The van der Waals surface area contributed by atoms with Crippen LogP contribution in [0.2, 0.25) is 0 Å². The van der Waals surface area contributed by atoms with Gasteiger partial charge >= 0.3 is 12.1 Å². The summed E-state index contributed by atoms with van der Waals surface area (Å²) in [5.74, 6) is -1.86. The van der Waals surface area contributed by atoms with E-state index in [1.54, 1.807) is 0 Å². The molecule has 0 bridgehead atoms. The maximum absolute atomic E-state index is 12.8. The summed E-state index contributed by atoms with van der Waals surface area (Å²) < 4.78 is 43.3. The number of rotatable bonds is 1. The lowest BCUT2D eigenvalue weighted by atomic mass is 9.95. The monoisotopic (exact) mass is 285 g/mol. The first-order valence-electron chi connectivity index (χ1n) is 5.12. The first kappa shape index (κ1) is 15.3. The van der Waals surface area contributed by atoms with Crippen molar-refractivity contribution in [3.8, 4) is 0 Å². The lowest BCUT2D eigenvalue weighted by molar-refractivity contribution is -0.259. The number of aliphatic hydroxyl groups is 1. The summed E-state index contributed by atoms with van der Waals surface area (Å²) in [6.07, 6.45) is -4.95. The van der Waals surface area contributed by atoms with Crippen molar-refractivity contribution in [1.82, 2.24) is 0 Å². The Labute approximate surface area is 107 Å². The predicted octanol–water partition coefficient (Wildman–Crippen LogP) is 1.77. The van der Waals surface area contributed by atoms with Gasteiger partial charge < -0.3 is 9.84 Å². The van der Waals surface area contributed by atoms with Gasteiger partial charge in [0.25, 0.3) is 0 Å². The molecule has 1 heterocycles. The topological polar surface area (TPSA) is 58.9 Å². The van der Waals surface area contributed by atoms with Crippen molar-refractivity contribution in [2.75, 3.05) is 5.75 Å². The first-order chi connectivity index (χ1) is 7.97. The van der Waals surface area contributed by atoms with Crippen LogP contribution in [0.1, 0.15) is 20.8 Å². The number of carbonyl (C=O) groups is 1. The van der Waals surface area contributed by atoms with E-state index in [9.17, 15) is 23.1 Å². The van der Waals surface area contributed by atoms with Crippen molar-refractivity contribution in [1.29, 1.82) is 0 Å². The third kappa shape index (κ3) is 3.17. The summed E-state index contributed by atoms with van der Waals surface area (Å²) in [4.78, 5) is 15.1. The Kier molecular flexibility index (Phi) is 4.02. The SMILES string of the molecule is CC(C)(C)OC(=O)[C@H]1N=CSC[C@]1(O)C(F)(F)F. The lowest BCUT2D eigenvalue weighted by Crippen LogP contribution is -2.60. The van der Waals surface area contributed by atoms with Gasteiger partial charge in [-0.1, -0.05) is 0 Å². The van der Waals surface area contributed by atoms with Gasteiger partial charge in [-0.05, 0) is 20.8 Å². The quantitative estimate of drug-likeness (QED) is 0.746. The van der Waals surface area contributed by atoms with E-state index in [1.807, 2.05) is 0 Å². The van der Waals surface area contributed by atoms with Crippen molar-refractivity contribution in [2.45, 2.75) is 44.2 Å². The van der Waals surface area contributed by atoms with Crippen LogP contribution in [-0.4, -0.2) is 45.8 Å². The summed E-state index contributed by atoms with van der Waals surface area (Å²) in [6, 6.07) is -1.97. The van der Waals surface area contributed by atoms with Crippen LogP contribution in [-0.2, 0) is 9.53 Å². The number of hydrogen-bond acceptors (Lipinski definition) is 5. The summed E-state index contributed by atoms with van der Waals surface area (Å²) in [6.45, 7) is 4.58. The van der Waals surface area contributed by atoms with Gasteiger partial charge in [-0.15, -0.1) is 11.8 Å². The Morgan fingerprint density at radius 2 is 2.06 bits per heavy atom. The zero-order valence-electron chi connectivity index (χ0n) is 10.1. The molecule has 0 saturated heterocycles. The number of aliphatic imine (C=N–C) groups is 1. The Balaban J connectivity index is 3.00. The number of alkyl halides is 3. The van der Waals surface area contributed by atoms with Crippen molar-refractivity contribution in [2.24, 2.45) is 4.99 Å². The van der Waals surface area contributed by atoms with E-state index in [1.165, 1.54) is 20.8 Å². The van der Waals surface area contributed by atoms with E-state index in [-0.39, 0.29) is 0 Å². The summed E-state index contributed by atoms with van der Waals surface area (Å²) in [5.41, 5.74) is -3.01. The molecule has 104 valence electrons. The van der Waals surface area contributed by atoms with Crippen molar-refractivity contribution < 1.29 is 27.8 Å². The minimum absolute atomic E-state index is 0.677. The molecule has 2 atom stereocenters. The number of nitrogens with zero attached hydrogens (tertiary/aromatic N) is 1. The largest absolute Gasteiger partial charge is 0.458 e. The standard InChI is InChI=1S/C10H14F3NO3S/c1-8(2,3)17-7(15)6-9(16,10(11,12)13)4-18-5-14-6/h5-6,16H,4H2,1-3H3/t6-,9-/m1/s1. The molecule has 8 heteroatoms. The van der Waals surface area contributed by atoms with Gasteiger partial charge in [-0.2, -0.15) is 13.2 Å². The second-order valence-corrected chi connectivity index (χ2v) is 5.76. The van der Waals surface area contributed by atoms with Gasteiger partial charge in [0.2, 0.25) is 5.60 Å². The number of ether oxygens (including phenoxy) is 1. The van der Waals surface area contributed by atoms with Crippen LogP contribution in [0, 0.1) is 0 Å². The van der Waals surface area contributed by atoms with Crippen LogP contribution in [0.25, 0.3) is 0 Å². The van der Waals surface area contributed by atoms with E-state index in [0.29, 0.717) is 11.8 Å². The van der Waals surface area contributed by atoms with Gasteiger partial charge in [-0.25, -0.2) is 4.79 Å². The fraction of sp³-hybridized carbons (Fsp3) is 0.800. The molecule has 0 aromatic carbocycles. The van der Waals surface area contributed by atoms with Crippen LogP contribution in [0.3, 0.4) is 0 Å². The molecule has 0 unspecified atom stereocenters. The first-order valence-corrected chi connectivity index (χ1v) is 6.17. The summed E-state index contributed by atoms with van der Waals surface area (Å²) in [7, 11) is 0. The molecule has 1 N–H and O–H groups in total. The normalized spacial score (nSPS) is 29.2. The average molecular weight is 285 g/mol. The van der Waals surface area contributed by atoms with Crippen molar-refractivity contribution >= 4 is 23.3 Å². The third-order valence-electron chi connectivity index (χ3n) is 2.16. The van der Waals surface area contributed by atoms with Crippen molar-refractivity contribution in [3.63, 3.8) is 0 Å². The molecule has 0 radical (unpaired) electrons. The third-order valence-corrected chi connectivity index (χ3v) is 3.04. The number of carbonyl (C=O) groups excluding carboxylic acids is 1. The van der Waals surface area contributed by atoms with Gasteiger partial charge in [0.1, 0.15) is 5.60 Å². The molecule has 1 aliphatic rings. The van der Waals surface area contributed by atoms with E-state index in [2.05, 4.69) is 4.99 Å². The molecule has 0 aromatic heterocycles. The van der Waals surface area contributed by atoms with Crippen molar-refractivity contribution in [3.05, 3.63) is 0 Å². The average Bonchev–Trinajstić information content (AvgIpc) is 2.13. The van der Waals surface area contributed by atoms with E-state index < -0.39 is 35.1 Å². The second kappa shape index (κ2) is 4.73. The lowest BCUT2D eigenvalue weighted by Gasteiger charge is -2.36. The molecular formula is C10H14F3NO3S. The Morgan fingerprint density at radius 3 is 2.50 bits per heavy atom. The zero-order valence-corrected chi connectivity index (χ0v) is 10.9. The molecule has 0 amide bonds. The molecule has 4 nitrogen and oxygen atoms in total. The highest BCUT2D eigenvalue weighted by atomic mass is 32.2. The summed E-state index contributed by atoms with van der Waals surface area (Å²) in [5, 5.41) is 9.67. The maximum atomic E-state index is 12.8. The predicted molar refractivity (Wildman–Crippen MR) is 61.6 cm³/mol. The van der Waals surface area contributed by atoms with Gasteiger partial charge in [0.15, 0.2) is 6.04 Å². The molecule has 0 aliphatic carbocycles. The molecule has 0 spiro atoms. The zero-order chi connectivity index (χ0) is 14.2. The highest BCUT2D eigenvalue weighted by molar-refractivity contribution is 8.12. The van der Waals surface area contributed by atoms with Crippen LogP contribution in [0.15, 0.2) is 4.99 Å². The molecule has 0 fully saturated rings. The molecule has 0 aromatic rings. The van der Waals surface area contributed by atoms with E-state index in [0.717, 1.165) is 5.55 Å². The molecular weight excluding hydrogens is 271 g/mol. The highest BCUT2D eigenvalue weighted by Crippen LogP contribution is 2.39. The van der Waals surface area contributed by atoms with E-state index in [4.69, 9.17) is 4.74 Å². The van der Waals surface area contributed by atoms with E-state index >= 15 is 0 Å². The maximum Gasteiger partial charge on any atom is 0.420 e. The Morgan fingerprint density at radius 1 is 1.50 bits per heavy atom. The van der Waals surface area contributed by atoms with Gasteiger partial charge in [0, 0.05) is 5.75 Å². The van der Waals surface area contributed by atoms with Gasteiger partial charge in [0.05, 0.1) is 5.55 Å². The summed E-state index contributed by atoms with van der Waals surface area (Å²) >= 11 is 0.698. The van der Waals surface area contributed by atoms with Crippen LogP contribution in [0.4, 0.5) is 13.2 Å². The van der Waals surface area contributed by atoms with Crippen LogP contribution >= 0.6 is 11.8 Å². The molecule has 18 heavy (non-hydrogen) atoms.